The summed E-state index contributed by atoms with van der Waals surface area (Å²) in [7, 11) is 2.95. The van der Waals surface area contributed by atoms with Crippen LogP contribution in [0.25, 0.3) is 33.8 Å². The topological polar surface area (TPSA) is 74.8 Å². The van der Waals surface area contributed by atoms with Gasteiger partial charge in [-0.1, -0.05) is 18.2 Å². The second-order valence-electron chi connectivity index (χ2n) is 9.80. The van der Waals surface area contributed by atoms with Crippen LogP contribution >= 0.6 is 0 Å². The molecule has 5 aromatic rings. The Bertz CT molecular complexity index is 1820. The Labute approximate surface area is 225 Å². The standard InChI is InChI=1S/C29H23F4N5O2/c1-37-15-23(29(31,32)33)35-28(37)20-10-6-16(12-21(20)30)14-38-24(39)11-9-18-13-34-26(36-27(18)38)25-19(17-7-8-17)4-3-5-22(25)40-2/h3-6,9-13,15,17H,7-8,14H2,1-2H3. The molecule has 1 aliphatic carbocycles. The lowest BCUT2D eigenvalue weighted by atomic mass is 10.0. The summed E-state index contributed by atoms with van der Waals surface area (Å²) in [5.74, 6) is 0.540. The van der Waals surface area contributed by atoms with Crippen molar-refractivity contribution in [2.24, 2.45) is 7.05 Å². The molecular formula is C29H23F4N5O2. The minimum atomic E-state index is -4.65. The molecule has 1 aliphatic rings. The number of aryl methyl sites for hydroxylation is 1. The van der Waals surface area contributed by atoms with Gasteiger partial charge in [-0.05, 0) is 54.2 Å². The van der Waals surface area contributed by atoms with Gasteiger partial charge in [0.25, 0.3) is 5.56 Å². The number of hydrogen-bond donors (Lipinski definition) is 0. The Morgan fingerprint density at radius 2 is 1.88 bits per heavy atom. The van der Waals surface area contributed by atoms with E-state index >= 15 is 4.39 Å². The van der Waals surface area contributed by atoms with Gasteiger partial charge in [-0.25, -0.2) is 19.3 Å². The molecule has 0 saturated heterocycles. The molecule has 0 N–H and O–H groups in total. The van der Waals surface area contributed by atoms with Crippen LogP contribution in [-0.2, 0) is 19.8 Å². The van der Waals surface area contributed by atoms with Crippen LogP contribution < -0.4 is 10.3 Å². The Morgan fingerprint density at radius 1 is 1.07 bits per heavy atom. The van der Waals surface area contributed by atoms with Crippen molar-refractivity contribution in [1.29, 1.82) is 0 Å². The quantitative estimate of drug-likeness (QED) is 0.245. The average Bonchev–Trinajstić information content (AvgIpc) is 3.70. The molecule has 0 unspecified atom stereocenters. The second kappa shape index (κ2) is 9.58. The lowest BCUT2D eigenvalue weighted by Gasteiger charge is -2.15. The van der Waals surface area contributed by atoms with Crippen LogP contribution in [0.15, 0.2) is 65.7 Å². The first kappa shape index (κ1) is 25.7. The Hall–Kier alpha value is -4.54. The number of benzene rings is 2. The van der Waals surface area contributed by atoms with Gasteiger partial charge in [0.2, 0.25) is 0 Å². The maximum absolute atomic E-state index is 15.2. The van der Waals surface area contributed by atoms with Crippen LogP contribution in [0, 0.1) is 5.82 Å². The maximum Gasteiger partial charge on any atom is 0.434 e. The number of halogens is 4. The number of rotatable bonds is 6. The fourth-order valence-electron chi connectivity index (χ4n) is 4.91. The highest BCUT2D eigenvalue weighted by atomic mass is 19.4. The van der Waals surface area contributed by atoms with E-state index in [1.807, 2.05) is 18.2 Å². The van der Waals surface area contributed by atoms with Crippen molar-refractivity contribution in [3.05, 3.63) is 93.9 Å². The van der Waals surface area contributed by atoms with Crippen LogP contribution in [0.3, 0.4) is 0 Å². The van der Waals surface area contributed by atoms with Crippen molar-refractivity contribution in [1.82, 2.24) is 24.1 Å². The van der Waals surface area contributed by atoms with Crippen LogP contribution in [0.1, 0.15) is 35.6 Å². The minimum absolute atomic E-state index is 0.0143. The van der Waals surface area contributed by atoms with Crippen molar-refractivity contribution in [3.63, 3.8) is 0 Å². The van der Waals surface area contributed by atoms with E-state index < -0.39 is 17.7 Å². The summed E-state index contributed by atoms with van der Waals surface area (Å²) in [5, 5.41) is 0.621. The van der Waals surface area contributed by atoms with Gasteiger partial charge < -0.3 is 9.30 Å². The minimum Gasteiger partial charge on any atom is -0.496 e. The van der Waals surface area contributed by atoms with Crippen LogP contribution in [0.4, 0.5) is 17.6 Å². The number of methoxy groups -OCH3 is 1. The molecule has 11 heteroatoms. The number of imidazole rings is 1. The number of fused-ring (bicyclic) bond motifs is 1. The molecule has 3 heterocycles. The number of aromatic nitrogens is 5. The summed E-state index contributed by atoms with van der Waals surface area (Å²) in [6, 6.07) is 12.9. The van der Waals surface area contributed by atoms with Gasteiger partial charge >= 0.3 is 6.18 Å². The van der Waals surface area contributed by atoms with E-state index in [0.29, 0.717) is 34.1 Å². The summed E-state index contributed by atoms with van der Waals surface area (Å²) in [5.41, 5.74) is 1.13. The zero-order chi connectivity index (χ0) is 28.2. The van der Waals surface area contributed by atoms with Gasteiger partial charge in [0, 0.05) is 30.9 Å². The average molecular weight is 550 g/mol. The third kappa shape index (κ3) is 4.61. The first-order valence-corrected chi connectivity index (χ1v) is 12.6. The van der Waals surface area contributed by atoms with E-state index in [4.69, 9.17) is 9.72 Å². The summed E-state index contributed by atoms with van der Waals surface area (Å²) in [6.07, 6.45) is -0.0663. The number of pyridine rings is 1. The molecule has 1 fully saturated rings. The second-order valence-corrected chi connectivity index (χ2v) is 9.80. The van der Waals surface area contributed by atoms with Crippen molar-refractivity contribution in [2.75, 3.05) is 7.11 Å². The number of alkyl halides is 3. The highest BCUT2D eigenvalue weighted by molar-refractivity contribution is 5.79. The molecule has 3 aromatic heterocycles. The molecular weight excluding hydrogens is 526 g/mol. The predicted octanol–water partition coefficient (Wildman–Crippen LogP) is 5.95. The molecule has 0 aliphatic heterocycles. The fourth-order valence-corrected chi connectivity index (χ4v) is 4.91. The summed E-state index contributed by atoms with van der Waals surface area (Å²) in [4.78, 5) is 25.9. The number of hydrogen-bond acceptors (Lipinski definition) is 5. The van der Waals surface area contributed by atoms with Gasteiger partial charge in [-0.15, -0.1) is 0 Å². The van der Waals surface area contributed by atoms with E-state index in [1.165, 1.54) is 29.8 Å². The van der Waals surface area contributed by atoms with E-state index in [2.05, 4.69) is 9.97 Å². The van der Waals surface area contributed by atoms with Gasteiger partial charge in [0.1, 0.15) is 23.0 Å². The predicted molar refractivity (Wildman–Crippen MR) is 140 cm³/mol. The zero-order valence-electron chi connectivity index (χ0n) is 21.5. The Morgan fingerprint density at radius 3 is 2.55 bits per heavy atom. The van der Waals surface area contributed by atoms with Gasteiger partial charge in [0.15, 0.2) is 11.5 Å². The third-order valence-electron chi connectivity index (χ3n) is 7.02. The molecule has 0 radical (unpaired) electrons. The van der Waals surface area contributed by atoms with Crippen molar-refractivity contribution >= 4 is 11.0 Å². The number of ether oxygens (including phenoxy) is 1. The van der Waals surface area contributed by atoms with Crippen molar-refractivity contribution in [2.45, 2.75) is 31.5 Å². The van der Waals surface area contributed by atoms with E-state index in [-0.39, 0.29) is 23.5 Å². The van der Waals surface area contributed by atoms with Crippen LogP contribution in [0.5, 0.6) is 5.75 Å². The Balaban J connectivity index is 1.40. The summed E-state index contributed by atoms with van der Waals surface area (Å²) >= 11 is 0. The SMILES string of the molecule is COc1cccc(C2CC2)c1-c1ncc2ccc(=O)n(Cc3ccc(-c4nc(C(F)(F)F)cn4C)c(F)c3)c2n1. The molecule has 0 amide bonds. The van der Waals surface area contributed by atoms with Crippen molar-refractivity contribution < 1.29 is 22.3 Å². The van der Waals surface area contributed by atoms with Gasteiger partial charge in [-0.3, -0.25) is 9.36 Å². The first-order valence-electron chi connectivity index (χ1n) is 12.6. The van der Waals surface area contributed by atoms with E-state index in [1.54, 1.807) is 25.4 Å². The summed E-state index contributed by atoms with van der Waals surface area (Å²) in [6.45, 7) is -0.0143. The van der Waals surface area contributed by atoms with Crippen LogP contribution in [-0.4, -0.2) is 31.2 Å². The molecule has 204 valence electrons. The highest BCUT2D eigenvalue weighted by Crippen LogP contribution is 2.46. The summed E-state index contributed by atoms with van der Waals surface area (Å²) < 4.78 is 62.6. The molecule has 1 saturated carbocycles. The molecule has 0 spiro atoms. The zero-order valence-corrected chi connectivity index (χ0v) is 21.5. The van der Waals surface area contributed by atoms with Crippen LogP contribution in [0.2, 0.25) is 0 Å². The van der Waals surface area contributed by atoms with Crippen molar-refractivity contribution in [3.8, 4) is 28.5 Å². The largest absolute Gasteiger partial charge is 0.496 e. The molecule has 2 aromatic carbocycles. The fraction of sp³-hybridized carbons (Fsp3) is 0.241. The van der Waals surface area contributed by atoms with Gasteiger partial charge in [-0.2, -0.15) is 13.2 Å². The maximum atomic E-state index is 15.2. The number of nitrogens with zero attached hydrogens (tertiary/aromatic N) is 5. The monoisotopic (exact) mass is 549 g/mol. The van der Waals surface area contributed by atoms with E-state index in [0.717, 1.165) is 34.7 Å². The first-order chi connectivity index (χ1) is 19.1. The van der Waals surface area contributed by atoms with Gasteiger partial charge in [0.05, 0.1) is 24.8 Å². The lowest BCUT2D eigenvalue weighted by Crippen LogP contribution is -2.21. The smallest absolute Gasteiger partial charge is 0.434 e. The molecule has 0 atom stereocenters. The molecule has 0 bridgehead atoms. The molecule has 7 nitrogen and oxygen atoms in total. The normalized spacial score (nSPS) is 13.7. The molecule has 40 heavy (non-hydrogen) atoms. The third-order valence-corrected chi connectivity index (χ3v) is 7.02. The van der Waals surface area contributed by atoms with E-state index in [9.17, 15) is 18.0 Å². The lowest BCUT2D eigenvalue weighted by molar-refractivity contribution is -0.140. The molecule has 6 rings (SSSR count). The highest BCUT2D eigenvalue weighted by Gasteiger charge is 2.35. The Kier molecular flexibility index (Phi) is 6.16.